The minimum atomic E-state index is -3.06. The lowest BCUT2D eigenvalue weighted by molar-refractivity contribution is 0.00578. The van der Waals surface area contributed by atoms with Gasteiger partial charge in [0.2, 0.25) is 0 Å². The van der Waals surface area contributed by atoms with Gasteiger partial charge in [0, 0.05) is 5.46 Å². The average molecular weight is 286 g/mol. The predicted molar refractivity (Wildman–Crippen MR) is 71.3 cm³/mol. The minimum Gasteiger partial charge on any atom is -0.464 e. The highest BCUT2D eigenvalue weighted by atomic mass is 19.1. The molecular weight excluding hydrogens is 264 g/mol. The molecule has 0 N–H and O–H groups in total. The molecule has 20 heavy (non-hydrogen) atoms. The van der Waals surface area contributed by atoms with Crippen molar-refractivity contribution in [1.82, 2.24) is 4.98 Å². The summed E-state index contributed by atoms with van der Waals surface area (Å²) in [6.07, 6.45) is -0.946. The Kier molecular flexibility index (Phi) is 2.28. The summed E-state index contributed by atoms with van der Waals surface area (Å²) in [6.45, 7) is 6.84. The lowest BCUT2D eigenvalue weighted by atomic mass is 9.79. The van der Waals surface area contributed by atoms with E-state index in [0.717, 1.165) is 0 Å². The van der Waals surface area contributed by atoms with E-state index in [9.17, 15) is 9.18 Å². The molecule has 2 rings (SSSR count). The van der Waals surface area contributed by atoms with Crippen molar-refractivity contribution in [3.05, 3.63) is 23.7 Å². The Hall–Kier alpha value is -1.47. The van der Waals surface area contributed by atoms with Gasteiger partial charge in [-0.2, -0.15) is 0 Å². The molecule has 0 unspecified atom stereocenters. The van der Waals surface area contributed by atoms with Gasteiger partial charge in [-0.3, -0.25) is 0 Å². The molecule has 0 saturated carbocycles. The highest BCUT2D eigenvalue weighted by Gasteiger charge is 2.52. The standard InChI is InChI=1S/C13H17BFNO4/c1-12(2)13(3,4)20-14(19-12)8-6-10(11(17)18-5)16-7-9(8)15/h6-7H,1-5H3/i5D3,6D,7D. The van der Waals surface area contributed by atoms with Crippen LogP contribution in [0.4, 0.5) is 4.39 Å². The lowest BCUT2D eigenvalue weighted by Crippen LogP contribution is -2.41. The van der Waals surface area contributed by atoms with E-state index in [4.69, 9.17) is 16.2 Å². The van der Waals surface area contributed by atoms with Crippen LogP contribution in [0.5, 0.6) is 0 Å². The molecule has 0 radical (unpaired) electrons. The summed E-state index contributed by atoms with van der Waals surface area (Å²) in [4.78, 5) is 15.2. The molecule has 0 spiro atoms. The van der Waals surface area contributed by atoms with Crippen LogP contribution < -0.4 is 5.46 Å². The summed E-state index contributed by atoms with van der Waals surface area (Å²) in [7, 11) is -4.42. The van der Waals surface area contributed by atoms with Gasteiger partial charge in [0.15, 0.2) is 0 Å². The topological polar surface area (TPSA) is 57.7 Å². The number of rotatable bonds is 2. The summed E-state index contributed by atoms with van der Waals surface area (Å²) in [5, 5.41) is 0. The first-order chi connectivity index (χ1) is 11.2. The first kappa shape index (κ1) is 9.47. The van der Waals surface area contributed by atoms with Crippen molar-refractivity contribution in [2.45, 2.75) is 38.9 Å². The van der Waals surface area contributed by atoms with Crippen LogP contribution in [0.2, 0.25) is 0 Å². The van der Waals surface area contributed by atoms with Gasteiger partial charge < -0.3 is 14.0 Å². The van der Waals surface area contributed by atoms with Crippen molar-refractivity contribution in [2.75, 3.05) is 7.04 Å². The Bertz CT molecular complexity index is 709. The molecular formula is C13H17BFNO4. The molecule has 1 saturated heterocycles. The number of ether oxygens (including phenoxy) is 1. The van der Waals surface area contributed by atoms with Crippen molar-refractivity contribution >= 4 is 18.6 Å². The lowest BCUT2D eigenvalue weighted by Gasteiger charge is -2.32. The molecule has 1 aromatic rings. The monoisotopic (exact) mass is 286 g/mol. The molecule has 5 nitrogen and oxygen atoms in total. The minimum absolute atomic E-state index is 0.504. The van der Waals surface area contributed by atoms with Gasteiger partial charge in [-0.25, -0.2) is 14.2 Å². The maximum Gasteiger partial charge on any atom is 0.497 e. The van der Waals surface area contributed by atoms with Crippen LogP contribution in [-0.2, 0) is 14.0 Å². The van der Waals surface area contributed by atoms with Crippen LogP contribution in [0.3, 0.4) is 0 Å². The van der Waals surface area contributed by atoms with Crippen molar-refractivity contribution < 1.29 is 30.1 Å². The largest absolute Gasteiger partial charge is 0.497 e. The highest BCUT2D eigenvalue weighted by molar-refractivity contribution is 6.62. The molecule has 108 valence electrons. The van der Waals surface area contributed by atoms with Crippen molar-refractivity contribution in [3.63, 3.8) is 0 Å². The third-order valence-electron chi connectivity index (χ3n) is 3.53. The van der Waals surface area contributed by atoms with Gasteiger partial charge in [-0.15, -0.1) is 0 Å². The number of nitrogens with zero attached hydrogens (tertiary/aromatic N) is 1. The fourth-order valence-corrected chi connectivity index (χ4v) is 1.64. The van der Waals surface area contributed by atoms with E-state index in [1.807, 2.05) is 0 Å². The Morgan fingerprint density at radius 1 is 1.45 bits per heavy atom. The van der Waals surface area contributed by atoms with E-state index in [-0.39, 0.29) is 0 Å². The van der Waals surface area contributed by atoms with Gasteiger partial charge in [0.25, 0.3) is 0 Å². The second-order valence-corrected chi connectivity index (χ2v) is 5.40. The van der Waals surface area contributed by atoms with E-state index < -0.39 is 60.5 Å². The highest BCUT2D eigenvalue weighted by Crippen LogP contribution is 2.36. The third-order valence-corrected chi connectivity index (χ3v) is 3.53. The molecule has 0 bridgehead atoms. The smallest absolute Gasteiger partial charge is 0.464 e. The number of carbonyl (C=O) groups excluding carboxylic acids is 1. The number of methoxy groups -OCH3 is 1. The van der Waals surface area contributed by atoms with Crippen LogP contribution in [0.1, 0.15) is 45.0 Å². The molecule has 2 heterocycles. The van der Waals surface area contributed by atoms with E-state index in [1.54, 1.807) is 27.7 Å². The number of hydrogen-bond donors (Lipinski definition) is 0. The summed E-state index contributed by atoms with van der Waals surface area (Å²) in [6, 6.07) is -0.749. The number of pyridine rings is 1. The number of carbonyl (C=O) groups is 1. The first-order valence-corrected chi connectivity index (χ1v) is 5.92. The fraction of sp³-hybridized carbons (Fsp3) is 0.538. The molecule has 1 aliphatic heterocycles. The molecule has 1 fully saturated rings. The maximum absolute atomic E-state index is 14.4. The number of hydrogen-bond acceptors (Lipinski definition) is 5. The number of halogens is 1. The zero-order chi connectivity index (χ0) is 19.4. The van der Waals surface area contributed by atoms with E-state index in [0.29, 0.717) is 0 Å². The van der Waals surface area contributed by atoms with Gasteiger partial charge in [-0.1, -0.05) is 0 Å². The zero-order valence-electron chi connectivity index (χ0n) is 16.5. The van der Waals surface area contributed by atoms with Crippen LogP contribution >= 0.6 is 0 Å². The Morgan fingerprint density at radius 3 is 2.60 bits per heavy atom. The average Bonchev–Trinajstić information content (AvgIpc) is 2.60. The molecule has 0 aliphatic carbocycles. The Morgan fingerprint density at radius 2 is 2.05 bits per heavy atom. The Balaban J connectivity index is 2.52. The SMILES string of the molecule is [2H]c1nc(C(=O)OC([2H])([2H])[2H])c([2H])c(B2OC(C)(C)C(C)(C)O2)c1F. The molecule has 0 atom stereocenters. The zero-order valence-corrected chi connectivity index (χ0v) is 11.5. The summed E-state index contributed by atoms with van der Waals surface area (Å²) >= 11 is 0. The quantitative estimate of drug-likeness (QED) is 0.606. The van der Waals surface area contributed by atoms with Gasteiger partial charge in [0.05, 0.1) is 31.3 Å². The van der Waals surface area contributed by atoms with Gasteiger partial charge in [0.1, 0.15) is 11.5 Å². The number of esters is 1. The van der Waals surface area contributed by atoms with Crippen LogP contribution in [0.15, 0.2) is 12.2 Å². The van der Waals surface area contributed by atoms with Crippen LogP contribution in [0.25, 0.3) is 0 Å². The predicted octanol–water partition coefficient (Wildman–Crippen LogP) is 1.31. The Labute approximate surface area is 124 Å². The molecule has 7 heteroatoms. The van der Waals surface area contributed by atoms with E-state index in [2.05, 4.69) is 9.72 Å². The van der Waals surface area contributed by atoms with Crippen LogP contribution in [0, 0.1) is 5.82 Å². The number of aromatic nitrogens is 1. The van der Waals surface area contributed by atoms with Crippen molar-refractivity contribution in [2.24, 2.45) is 0 Å². The van der Waals surface area contributed by atoms with E-state index >= 15 is 0 Å². The molecule has 0 amide bonds. The van der Waals surface area contributed by atoms with Crippen molar-refractivity contribution in [3.8, 4) is 0 Å². The second-order valence-electron chi connectivity index (χ2n) is 5.40. The van der Waals surface area contributed by atoms with E-state index in [1.165, 1.54) is 0 Å². The first-order valence-electron chi connectivity index (χ1n) is 8.42. The summed E-state index contributed by atoms with van der Waals surface area (Å²) in [5.74, 6) is -2.65. The third kappa shape index (κ3) is 2.43. The van der Waals surface area contributed by atoms with Gasteiger partial charge >= 0.3 is 13.1 Å². The second kappa shape index (κ2) is 4.82. The molecule has 1 aliphatic rings. The fourth-order valence-electron chi connectivity index (χ4n) is 1.64. The van der Waals surface area contributed by atoms with Gasteiger partial charge in [-0.05, 0) is 33.7 Å². The molecule has 0 aromatic carbocycles. The molecule has 1 aromatic heterocycles. The summed E-state index contributed by atoms with van der Waals surface area (Å²) in [5.41, 5.74) is -2.99. The van der Waals surface area contributed by atoms with Crippen molar-refractivity contribution in [1.29, 1.82) is 0 Å². The van der Waals surface area contributed by atoms with Crippen LogP contribution in [-0.4, -0.2) is 36.3 Å². The summed E-state index contributed by atoms with van der Waals surface area (Å²) < 4.78 is 66.3. The normalized spacial score (nSPS) is 24.2. The maximum atomic E-state index is 14.4.